The van der Waals surface area contributed by atoms with Crippen molar-refractivity contribution in [1.82, 2.24) is 25.2 Å². The third-order valence-corrected chi connectivity index (χ3v) is 5.26. The van der Waals surface area contributed by atoms with E-state index in [-0.39, 0.29) is 17.1 Å². The van der Waals surface area contributed by atoms with E-state index in [9.17, 15) is 13.6 Å². The van der Waals surface area contributed by atoms with Crippen LogP contribution in [0.3, 0.4) is 0 Å². The molecule has 152 valence electrons. The van der Waals surface area contributed by atoms with Gasteiger partial charge >= 0.3 is 0 Å². The predicted octanol–water partition coefficient (Wildman–Crippen LogP) is 2.71. The maximum absolute atomic E-state index is 13.3. The van der Waals surface area contributed by atoms with Crippen molar-refractivity contribution in [3.8, 4) is 0 Å². The highest BCUT2D eigenvalue weighted by molar-refractivity contribution is 6.33. The summed E-state index contributed by atoms with van der Waals surface area (Å²) in [6.45, 7) is 0.852. The zero-order chi connectivity index (χ0) is 20.5. The van der Waals surface area contributed by atoms with Crippen LogP contribution in [0.15, 0.2) is 35.3 Å². The number of rotatable bonds is 5. The molecule has 8 nitrogen and oxygen atoms in total. The van der Waals surface area contributed by atoms with Crippen molar-refractivity contribution in [3.63, 3.8) is 0 Å². The standard InChI is InChI=1S/C18H17ClF2N6O2/c1-29-14-9-26(13-6-22-24-18(28)15(13)19)8-12-16(14)27(25-23-12)7-10-4-2-3-5-11(10)17(20)21/h2-6,14,17H,7-9H2,1H3,(H,24,28). The molecule has 11 heteroatoms. The molecular formula is C18H17ClF2N6O2. The molecule has 0 fully saturated rings. The van der Waals surface area contributed by atoms with Crippen molar-refractivity contribution in [2.75, 3.05) is 18.6 Å². The second kappa shape index (κ2) is 7.88. The van der Waals surface area contributed by atoms with Gasteiger partial charge in [0.25, 0.3) is 12.0 Å². The van der Waals surface area contributed by atoms with E-state index in [0.29, 0.717) is 35.7 Å². The molecule has 1 unspecified atom stereocenters. The number of fused-ring (bicyclic) bond motifs is 1. The minimum atomic E-state index is -2.58. The van der Waals surface area contributed by atoms with Crippen molar-refractivity contribution >= 4 is 17.3 Å². The molecule has 1 N–H and O–H groups in total. The van der Waals surface area contributed by atoms with Gasteiger partial charge in [0.05, 0.1) is 37.2 Å². The van der Waals surface area contributed by atoms with Crippen LogP contribution in [0.5, 0.6) is 0 Å². The second-order valence-corrected chi connectivity index (χ2v) is 6.96. The molecule has 0 aliphatic carbocycles. The number of aromatic nitrogens is 5. The highest BCUT2D eigenvalue weighted by Crippen LogP contribution is 2.33. The number of ether oxygens (including phenoxy) is 1. The molecule has 0 bridgehead atoms. The van der Waals surface area contributed by atoms with Crippen molar-refractivity contribution < 1.29 is 13.5 Å². The van der Waals surface area contributed by atoms with Gasteiger partial charge in [0.1, 0.15) is 16.8 Å². The quantitative estimate of drug-likeness (QED) is 0.680. The lowest BCUT2D eigenvalue weighted by Crippen LogP contribution is -2.36. The van der Waals surface area contributed by atoms with Crippen LogP contribution in [0, 0.1) is 0 Å². The monoisotopic (exact) mass is 422 g/mol. The summed E-state index contributed by atoms with van der Waals surface area (Å²) >= 11 is 6.13. The maximum Gasteiger partial charge on any atom is 0.285 e. The normalized spacial score (nSPS) is 16.3. The van der Waals surface area contributed by atoms with Crippen LogP contribution in [0.4, 0.5) is 14.5 Å². The summed E-state index contributed by atoms with van der Waals surface area (Å²) in [7, 11) is 1.54. The van der Waals surface area contributed by atoms with Gasteiger partial charge in [-0.05, 0) is 5.56 Å². The Bertz CT molecular complexity index is 1090. The molecule has 2 aromatic heterocycles. The smallest absolute Gasteiger partial charge is 0.285 e. The van der Waals surface area contributed by atoms with Crippen LogP contribution >= 0.6 is 11.6 Å². The van der Waals surface area contributed by atoms with Crippen LogP contribution in [-0.2, 0) is 17.8 Å². The van der Waals surface area contributed by atoms with Crippen LogP contribution in [-0.4, -0.2) is 38.8 Å². The Kier molecular flexibility index (Phi) is 5.29. The van der Waals surface area contributed by atoms with Crippen molar-refractivity contribution in [2.24, 2.45) is 0 Å². The minimum absolute atomic E-state index is 0.0246. The number of methoxy groups -OCH3 is 1. The molecule has 0 radical (unpaired) electrons. The summed E-state index contributed by atoms with van der Waals surface area (Å²) in [5, 5.41) is 14.5. The van der Waals surface area contributed by atoms with E-state index in [1.807, 2.05) is 4.90 Å². The van der Waals surface area contributed by atoms with E-state index >= 15 is 0 Å². The Morgan fingerprint density at radius 3 is 2.93 bits per heavy atom. The fourth-order valence-electron chi connectivity index (χ4n) is 3.49. The lowest BCUT2D eigenvalue weighted by Gasteiger charge is -2.33. The zero-order valence-corrected chi connectivity index (χ0v) is 16.1. The molecule has 1 aliphatic rings. The molecule has 0 amide bonds. The third kappa shape index (κ3) is 3.60. The maximum atomic E-state index is 13.3. The number of aromatic amines is 1. The van der Waals surface area contributed by atoms with Crippen molar-refractivity contribution in [2.45, 2.75) is 25.6 Å². The van der Waals surface area contributed by atoms with Crippen LogP contribution in [0.1, 0.15) is 35.0 Å². The molecule has 3 heterocycles. The van der Waals surface area contributed by atoms with E-state index in [1.165, 1.54) is 12.3 Å². The van der Waals surface area contributed by atoms with Gasteiger partial charge < -0.3 is 9.64 Å². The largest absolute Gasteiger partial charge is 0.373 e. The molecule has 0 spiro atoms. The molecule has 4 rings (SSSR count). The first-order chi connectivity index (χ1) is 14.0. The van der Waals surface area contributed by atoms with E-state index < -0.39 is 18.1 Å². The first-order valence-corrected chi connectivity index (χ1v) is 9.16. The first-order valence-electron chi connectivity index (χ1n) is 8.78. The Hall–Kier alpha value is -2.85. The van der Waals surface area contributed by atoms with Crippen LogP contribution in [0.25, 0.3) is 0 Å². The number of alkyl halides is 2. The van der Waals surface area contributed by atoms with E-state index in [2.05, 4.69) is 20.5 Å². The van der Waals surface area contributed by atoms with Gasteiger partial charge in [-0.25, -0.2) is 18.6 Å². The molecular weight excluding hydrogens is 406 g/mol. The summed E-state index contributed by atoms with van der Waals surface area (Å²) in [6, 6.07) is 6.34. The number of halogens is 3. The van der Waals surface area contributed by atoms with Crippen molar-refractivity contribution in [1.29, 1.82) is 0 Å². The Morgan fingerprint density at radius 1 is 1.38 bits per heavy atom. The van der Waals surface area contributed by atoms with Crippen LogP contribution in [0.2, 0.25) is 5.02 Å². The number of nitrogens with zero attached hydrogens (tertiary/aromatic N) is 5. The second-order valence-electron chi connectivity index (χ2n) is 6.58. The average molecular weight is 423 g/mol. The van der Waals surface area contributed by atoms with E-state index in [1.54, 1.807) is 30.0 Å². The van der Waals surface area contributed by atoms with Gasteiger partial charge in [-0.1, -0.05) is 41.1 Å². The van der Waals surface area contributed by atoms with Gasteiger partial charge in [0, 0.05) is 12.7 Å². The average Bonchev–Trinajstić information content (AvgIpc) is 3.12. The fourth-order valence-corrected chi connectivity index (χ4v) is 3.70. The summed E-state index contributed by atoms with van der Waals surface area (Å²) in [4.78, 5) is 13.6. The van der Waals surface area contributed by atoms with Gasteiger partial charge in [0.2, 0.25) is 0 Å². The number of anilines is 1. The van der Waals surface area contributed by atoms with E-state index in [0.717, 1.165) is 0 Å². The highest BCUT2D eigenvalue weighted by atomic mass is 35.5. The Morgan fingerprint density at radius 2 is 2.17 bits per heavy atom. The van der Waals surface area contributed by atoms with Crippen molar-refractivity contribution in [3.05, 3.63) is 68.4 Å². The zero-order valence-electron chi connectivity index (χ0n) is 15.3. The third-order valence-electron chi connectivity index (χ3n) is 4.89. The number of hydrogen-bond acceptors (Lipinski definition) is 6. The van der Waals surface area contributed by atoms with Gasteiger partial charge in [0.15, 0.2) is 0 Å². The number of benzene rings is 1. The fraction of sp³-hybridized carbons (Fsp3) is 0.333. The SMILES string of the molecule is COC1CN(c2cn[nH]c(=O)c2Cl)Cc2nnn(Cc3ccccc3C(F)F)c21. The highest BCUT2D eigenvalue weighted by Gasteiger charge is 2.32. The first kappa shape index (κ1) is 19.5. The molecule has 1 aliphatic heterocycles. The van der Waals surface area contributed by atoms with E-state index in [4.69, 9.17) is 16.3 Å². The number of nitrogens with one attached hydrogen (secondary N) is 1. The predicted molar refractivity (Wildman–Crippen MR) is 101 cm³/mol. The lowest BCUT2D eigenvalue weighted by molar-refractivity contribution is 0.0949. The van der Waals surface area contributed by atoms with Gasteiger partial charge in [-0.15, -0.1) is 5.10 Å². The lowest BCUT2D eigenvalue weighted by atomic mass is 10.1. The molecule has 0 saturated heterocycles. The number of H-pyrrole nitrogens is 1. The topological polar surface area (TPSA) is 88.9 Å². The van der Waals surface area contributed by atoms with Gasteiger partial charge in [-0.3, -0.25) is 4.79 Å². The Balaban J connectivity index is 1.68. The molecule has 1 atom stereocenters. The molecule has 0 saturated carbocycles. The summed E-state index contributed by atoms with van der Waals surface area (Å²) in [5.74, 6) is 0. The summed E-state index contributed by atoms with van der Waals surface area (Å²) in [6.07, 6.45) is -1.56. The van der Waals surface area contributed by atoms with Gasteiger partial charge in [-0.2, -0.15) is 5.10 Å². The summed E-state index contributed by atoms with van der Waals surface area (Å²) < 4.78 is 33.8. The molecule has 29 heavy (non-hydrogen) atoms. The van der Waals surface area contributed by atoms with Crippen LogP contribution < -0.4 is 10.5 Å². The minimum Gasteiger partial charge on any atom is -0.373 e. The number of hydrogen-bond donors (Lipinski definition) is 1. The summed E-state index contributed by atoms with van der Waals surface area (Å²) in [5.41, 5.74) is 1.73. The molecule has 3 aromatic rings. The molecule has 1 aromatic carbocycles. The Labute approximate surface area is 169 Å².